The predicted octanol–water partition coefficient (Wildman–Crippen LogP) is 4.81. The number of nitrogens with one attached hydrogen (secondary N) is 1. The Morgan fingerprint density at radius 3 is 2.47 bits per heavy atom. The lowest BCUT2D eigenvalue weighted by Crippen LogP contribution is -2.24. The molecule has 0 saturated carbocycles. The summed E-state index contributed by atoms with van der Waals surface area (Å²) in [6, 6.07) is 3.71. The Kier molecular flexibility index (Phi) is 7.26. The number of nitrogens with zero attached hydrogens (tertiary/aromatic N) is 3. The van der Waals surface area contributed by atoms with Crippen LogP contribution in [-0.4, -0.2) is 41.6 Å². The summed E-state index contributed by atoms with van der Waals surface area (Å²) < 4.78 is 41.9. The van der Waals surface area contributed by atoms with Crippen LogP contribution >= 0.6 is 0 Å². The molecule has 180 valence electrons. The second-order valence-electron chi connectivity index (χ2n) is 8.67. The molecule has 4 rings (SSSR count). The molecule has 34 heavy (non-hydrogen) atoms. The van der Waals surface area contributed by atoms with Gasteiger partial charge in [0.15, 0.2) is 23.1 Å². The molecule has 1 N–H and O–H groups in total. The fraction of sp³-hybridized carbons (Fsp3) is 0.385. The lowest BCUT2D eigenvalue weighted by molar-refractivity contribution is 0.354. The zero-order valence-corrected chi connectivity index (χ0v) is 20.0. The van der Waals surface area contributed by atoms with Crippen molar-refractivity contribution in [2.24, 2.45) is 0 Å². The number of aryl methyl sites for hydroxylation is 1. The number of ether oxygens (including phenoxy) is 2. The summed E-state index contributed by atoms with van der Waals surface area (Å²) in [5, 5.41) is 7.87. The van der Waals surface area contributed by atoms with E-state index in [2.05, 4.69) is 29.2 Å². The Balaban J connectivity index is 1.55. The zero-order chi connectivity index (χ0) is 24.2. The predicted molar refractivity (Wildman–Crippen MR) is 128 cm³/mol. The van der Waals surface area contributed by atoms with Crippen molar-refractivity contribution in [3.8, 4) is 22.6 Å². The smallest absolute Gasteiger partial charge is 0.171 e. The molecule has 0 aliphatic heterocycles. The quantitative estimate of drug-likeness (QED) is 0.433. The molecule has 1 aromatic carbocycles. The van der Waals surface area contributed by atoms with Crippen LogP contribution in [0.2, 0.25) is 0 Å². The third-order valence-electron chi connectivity index (χ3n) is 5.97. The minimum Gasteiger partial charge on any atom is -0.494 e. The van der Waals surface area contributed by atoms with E-state index in [-0.39, 0.29) is 23.5 Å². The number of fused-ring (bicyclic) bond motifs is 1. The highest BCUT2D eigenvalue weighted by Gasteiger charge is 2.24. The van der Waals surface area contributed by atoms with Crippen LogP contribution in [0.4, 0.5) is 8.78 Å². The maximum Gasteiger partial charge on any atom is 0.171 e. The van der Waals surface area contributed by atoms with Crippen LogP contribution in [0.15, 0.2) is 36.8 Å². The second kappa shape index (κ2) is 10.3. The van der Waals surface area contributed by atoms with Crippen molar-refractivity contribution >= 4 is 5.57 Å². The van der Waals surface area contributed by atoms with Crippen molar-refractivity contribution in [1.29, 1.82) is 0 Å². The summed E-state index contributed by atoms with van der Waals surface area (Å²) in [5.41, 5.74) is 4.41. The number of hydrogen-bond donors (Lipinski definition) is 1. The number of benzene rings is 1. The van der Waals surface area contributed by atoms with Gasteiger partial charge < -0.3 is 14.8 Å². The molecule has 2 heterocycles. The normalized spacial score (nSPS) is 12.7. The lowest BCUT2D eigenvalue weighted by Gasteiger charge is -2.14. The van der Waals surface area contributed by atoms with Crippen LogP contribution in [-0.2, 0) is 19.4 Å². The largest absolute Gasteiger partial charge is 0.494 e. The molecule has 6 nitrogen and oxygen atoms in total. The summed E-state index contributed by atoms with van der Waals surface area (Å²) in [5.74, 6) is -1.52. The molecular weight excluding hydrogens is 438 g/mol. The summed E-state index contributed by atoms with van der Waals surface area (Å²) in [6.45, 7) is 6.01. The van der Waals surface area contributed by atoms with Crippen molar-refractivity contribution in [1.82, 2.24) is 20.1 Å². The SMILES string of the molecule is COc1cc(OC)c(F)c(CC2=CCc3ncc(-c4cnn(CCCNC(C)C)c4)cc32)c1F. The first kappa shape index (κ1) is 23.9. The first-order valence-corrected chi connectivity index (χ1v) is 11.4. The van der Waals surface area contributed by atoms with Gasteiger partial charge in [0.1, 0.15) is 0 Å². The van der Waals surface area contributed by atoms with Gasteiger partial charge in [-0.2, -0.15) is 5.10 Å². The fourth-order valence-corrected chi connectivity index (χ4v) is 4.14. The van der Waals surface area contributed by atoms with Crippen LogP contribution in [0.5, 0.6) is 11.5 Å². The number of methoxy groups -OCH3 is 2. The molecule has 2 aromatic heterocycles. The van der Waals surface area contributed by atoms with Crippen molar-refractivity contribution in [3.05, 3.63) is 65.3 Å². The Labute approximate surface area is 198 Å². The van der Waals surface area contributed by atoms with E-state index in [1.54, 1.807) is 0 Å². The molecule has 0 radical (unpaired) electrons. The fourth-order valence-electron chi connectivity index (χ4n) is 4.14. The second-order valence-corrected chi connectivity index (χ2v) is 8.67. The van der Waals surface area contributed by atoms with Gasteiger partial charge >= 0.3 is 0 Å². The van der Waals surface area contributed by atoms with Gasteiger partial charge in [-0.15, -0.1) is 0 Å². The average molecular weight is 469 g/mol. The van der Waals surface area contributed by atoms with E-state index in [4.69, 9.17) is 9.47 Å². The molecule has 1 aliphatic rings. The van der Waals surface area contributed by atoms with Crippen molar-refractivity contribution in [2.45, 2.75) is 45.7 Å². The number of aromatic nitrogens is 3. The number of allylic oxidation sites excluding steroid dienone is 2. The molecule has 0 fully saturated rings. The van der Waals surface area contributed by atoms with Crippen LogP contribution in [0.25, 0.3) is 16.7 Å². The van der Waals surface area contributed by atoms with Gasteiger partial charge in [-0.05, 0) is 24.6 Å². The zero-order valence-electron chi connectivity index (χ0n) is 20.0. The summed E-state index contributed by atoms with van der Waals surface area (Å²) in [6.07, 6.45) is 9.30. The first-order chi connectivity index (χ1) is 16.4. The van der Waals surface area contributed by atoms with Gasteiger partial charge in [0, 0.05) is 66.1 Å². The van der Waals surface area contributed by atoms with Gasteiger partial charge in [-0.3, -0.25) is 9.67 Å². The number of rotatable bonds is 10. The number of pyridine rings is 1. The molecule has 1 aliphatic carbocycles. The van der Waals surface area contributed by atoms with E-state index in [0.717, 1.165) is 47.5 Å². The van der Waals surface area contributed by atoms with Gasteiger partial charge in [0.25, 0.3) is 0 Å². The lowest BCUT2D eigenvalue weighted by atomic mass is 9.97. The van der Waals surface area contributed by atoms with Gasteiger partial charge in [-0.25, -0.2) is 8.78 Å². The van der Waals surface area contributed by atoms with Crippen LogP contribution < -0.4 is 14.8 Å². The third-order valence-corrected chi connectivity index (χ3v) is 5.97. The number of hydrogen-bond acceptors (Lipinski definition) is 5. The molecule has 8 heteroatoms. The maximum atomic E-state index is 14.9. The molecule has 0 unspecified atom stereocenters. The molecule has 0 bridgehead atoms. The monoisotopic (exact) mass is 468 g/mol. The summed E-state index contributed by atoms with van der Waals surface area (Å²) >= 11 is 0. The molecule has 0 amide bonds. The van der Waals surface area contributed by atoms with Crippen LogP contribution in [0.3, 0.4) is 0 Å². The van der Waals surface area contributed by atoms with E-state index in [0.29, 0.717) is 12.5 Å². The van der Waals surface area contributed by atoms with Crippen LogP contribution in [0.1, 0.15) is 37.1 Å². The van der Waals surface area contributed by atoms with E-state index in [1.165, 1.54) is 20.3 Å². The van der Waals surface area contributed by atoms with Crippen molar-refractivity contribution in [2.75, 3.05) is 20.8 Å². The maximum absolute atomic E-state index is 14.9. The first-order valence-electron chi connectivity index (χ1n) is 11.4. The topological polar surface area (TPSA) is 61.2 Å². The van der Waals surface area contributed by atoms with Crippen molar-refractivity contribution < 1.29 is 18.3 Å². The van der Waals surface area contributed by atoms with Crippen molar-refractivity contribution in [3.63, 3.8) is 0 Å². The molecule has 0 spiro atoms. The van der Waals surface area contributed by atoms with Gasteiger partial charge in [0.2, 0.25) is 0 Å². The standard InChI is InChI=1S/C26H30F2N4O2/c1-16(2)29-8-5-9-32-15-19(14-31-32)18-11-20-17(6-7-22(20)30-13-18)10-21-25(27)23(33-3)12-24(34-4)26(21)28/h6,11-16,29H,5,7-10H2,1-4H3. The highest BCUT2D eigenvalue weighted by atomic mass is 19.1. The molecule has 0 atom stereocenters. The minimum atomic E-state index is -0.715. The minimum absolute atomic E-state index is 0.0463. The summed E-state index contributed by atoms with van der Waals surface area (Å²) in [7, 11) is 2.70. The molecule has 3 aromatic rings. The highest BCUT2D eigenvalue weighted by molar-refractivity contribution is 5.77. The molecule has 0 saturated heterocycles. The van der Waals surface area contributed by atoms with E-state index in [9.17, 15) is 8.78 Å². The van der Waals surface area contributed by atoms with Gasteiger partial charge in [-0.1, -0.05) is 19.9 Å². The average Bonchev–Trinajstić information content (AvgIpc) is 3.46. The molecular formula is C26H30F2N4O2. The van der Waals surface area contributed by atoms with Gasteiger partial charge in [0.05, 0.1) is 26.1 Å². The van der Waals surface area contributed by atoms with E-state index >= 15 is 0 Å². The Morgan fingerprint density at radius 2 is 1.79 bits per heavy atom. The Morgan fingerprint density at radius 1 is 1.06 bits per heavy atom. The van der Waals surface area contributed by atoms with Crippen LogP contribution in [0, 0.1) is 11.6 Å². The van der Waals surface area contributed by atoms with E-state index in [1.807, 2.05) is 35.4 Å². The Bertz CT molecular complexity index is 1180. The summed E-state index contributed by atoms with van der Waals surface area (Å²) in [4.78, 5) is 4.61. The third kappa shape index (κ3) is 4.97. The number of halogens is 2. The highest BCUT2D eigenvalue weighted by Crippen LogP contribution is 2.37. The van der Waals surface area contributed by atoms with E-state index < -0.39 is 11.6 Å². The Hall–Kier alpha value is -3.26.